The van der Waals surface area contributed by atoms with E-state index in [1.165, 1.54) is 0 Å². The van der Waals surface area contributed by atoms with Crippen LogP contribution in [0.4, 0.5) is 0 Å². The summed E-state index contributed by atoms with van der Waals surface area (Å²) in [7, 11) is -1.30. The summed E-state index contributed by atoms with van der Waals surface area (Å²) < 4.78 is 0. The highest BCUT2D eigenvalue weighted by Crippen LogP contribution is 2.07. The molecule has 0 aliphatic heterocycles. The second-order valence-corrected chi connectivity index (χ2v) is 9.05. The molecular formula is C10H12ClNSi. The minimum Gasteiger partial charge on any atom is -0.248 e. The molecule has 0 unspecified atom stereocenters. The van der Waals surface area contributed by atoms with Crippen molar-refractivity contribution >= 4 is 19.7 Å². The van der Waals surface area contributed by atoms with Gasteiger partial charge in [0.05, 0.1) is 0 Å². The van der Waals surface area contributed by atoms with Crippen LogP contribution < -0.4 is 0 Å². The number of aromatic nitrogens is 1. The molecule has 1 heterocycles. The number of pyridine rings is 1. The first kappa shape index (κ1) is 10.3. The molecule has 3 heteroatoms. The van der Waals surface area contributed by atoms with E-state index in [1.54, 1.807) is 18.3 Å². The predicted molar refractivity (Wildman–Crippen MR) is 59.5 cm³/mol. The summed E-state index contributed by atoms with van der Waals surface area (Å²) in [6.07, 6.45) is 1.68. The lowest BCUT2D eigenvalue weighted by Crippen LogP contribution is -2.16. The van der Waals surface area contributed by atoms with E-state index in [9.17, 15) is 0 Å². The van der Waals surface area contributed by atoms with Crippen LogP contribution in [0.1, 0.15) is 5.69 Å². The van der Waals surface area contributed by atoms with Crippen LogP contribution in [0.2, 0.25) is 24.7 Å². The van der Waals surface area contributed by atoms with Crippen LogP contribution in [-0.2, 0) is 0 Å². The Bertz CT molecular complexity index is 357. The Balaban J connectivity index is 2.90. The van der Waals surface area contributed by atoms with Crippen molar-refractivity contribution in [3.63, 3.8) is 0 Å². The number of hydrogen-bond acceptors (Lipinski definition) is 1. The van der Waals surface area contributed by atoms with Crippen LogP contribution in [-0.4, -0.2) is 13.1 Å². The van der Waals surface area contributed by atoms with Gasteiger partial charge in [-0.2, -0.15) is 0 Å². The van der Waals surface area contributed by atoms with Crippen molar-refractivity contribution in [1.29, 1.82) is 0 Å². The molecule has 0 radical (unpaired) electrons. The molecule has 0 aliphatic rings. The predicted octanol–water partition coefficient (Wildman–Crippen LogP) is 2.96. The lowest BCUT2D eigenvalue weighted by atomic mass is 10.4. The van der Waals surface area contributed by atoms with Gasteiger partial charge in [-0.15, -0.1) is 5.54 Å². The lowest BCUT2D eigenvalue weighted by Gasteiger charge is -2.02. The Morgan fingerprint density at radius 2 is 2.08 bits per heavy atom. The molecule has 0 saturated carbocycles. The first-order valence-corrected chi connectivity index (χ1v) is 8.00. The van der Waals surface area contributed by atoms with E-state index in [0.29, 0.717) is 5.02 Å². The van der Waals surface area contributed by atoms with Gasteiger partial charge in [0.1, 0.15) is 13.8 Å². The van der Waals surface area contributed by atoms with E-state index in [1.807, 2.05) is 0 Å². The molecule has 1 rings (SSSR count). The van der Waals surface area contributed by atoms with E-state index < -0.39 is 8.07 Å². The standard InChI is InChI=1S/C10H12ClNSi/c1-13(2,3)7-5-10-8-9(11)4-6-12-10/h4,6,8H,1-3H3. The average molecular weight is 210 g/mol. The third-order valence-electron chi connectivity index (χ3n) is 1.29. The van der Waals surface area contributed by atoms with Gasteiger partial charge in [-0.3, -0.25) is 0 Å². The van der Waals surface area contributed by atoms with E-state index in [-0.39, 0.29) is 0 Å². The van der Waals surface area contributed by atoms with Gasteiger partial charge in [-0.1, -0.05) is 37.2 Å². The Hall–Kier alpha value is -0.783. The SMILES string of the molecule is C[Si](C)(C)C#Cc1cc(Cl)ccn1. The number of nitrogens with zero attached hydrogens (tertiary/aromatic N) is 1. The Morgan fingerprint density at radius 3 is 2.62 bits per heavy atom. The molecule has 0 atom stereocenters. The maximum Gasteiger partial charge on any atom is 0.129 e. The van der Waals surface area contributed by atoms with Gasteiger partial charge >= 0.3 is 0 Å². The molecule has 0 bridgehead atoms. The van der Waals surface area contributed by atoms with Gasteiger partial charge in [-0.05, 0) is 12.1 Å². The van der Waals surface area contributed by atoms with Crippen LogP contribution in [0, 0.1) is 11.5 Å². The summed E-state index contributed by atoms with van der Waals surface area (Å²) in [6.45, 7) is 6.60. The van der Waals surface area contributed by atoms with Gasteiger partial charge in [-0.25, -0.2) is 4.98 Å². The number of halogens is 1. The van der Waals surface area contributed by atoms with Crippen LogP contribution >= 0.6 is 11.6 Å². The van der Waals surface area contributed by atoms with Crippen molar-refractivity contribution in [1.82, 2.24) is 4.98 Å². The molecule has 0 fully saturated rings. The zero-order chi connectivity index (χ0) is 9.90. The van der Waals surface area contributed by atoms with Crippen molar-refractivity contribution < 1.29 is 0 Å². The fourth-order valence-corrected chi connectivity index (χ4v) is 1.39. The fourth-order valence-electron chi connectivity index (χ4n) is 0.725. The fraction of sp³-hybridized carbons (Fsp3) is 0.300. The monoisotopic (exact) mass is 209 g/mol. The molecule has 1 aromatic rings. The third-order valence-corrected chi connectivity index (χ3v) is 2.40. The van der Waals surface area contributed by atoms with Gasteiger partial charge < -0.3 is 0 Å². The highest BCUT2D eigenvalue weighted by atomic mass is 35.5. The molecule has 13 heavy (non-hydrogen) atoms. The van der Waals surface area contributed by atoms with Crippen molar-refractivity contribution in [2.45, 2.75) is 19.6 Å². The zero-order valence-corrected chi connectivity index (χ0v) is 9.81. The molecule has 68 valence electrons. The Kier molecular flexibility index (Phi) is 3.13. The minimum absolute atomic E-state index is 0.690. The van der Waals surface area contributed by atoms with Crippen LogP contribution in [0.5, 0.6) is 0 Å². The van der Waals surface area contributed by atoms with Crippen LogP contribution in [0.3, 0.4) is 0 Å². The van der Waals surface area contributed by atoms with Crippen molar-refractivity contribution in [2.75, 3.05) is 0 Å². The second kappa shape index (κ2) is 3.95. The Morgan fingerprint density at radius 1 is 1.38 bits per heavy atom. The molecular weight excluding hydrogens is 198 g/mol. The molecule has 0 saturated heterocycles. The van der Waals surface area contributed by atoms with Gasteiger partial charge in [0.2, 0.25) is 0 Å². The highest BCUT2D eigenvalue weighted by Gasteiger charge is 2.07. The average Bonchev–Trinajstić information content (AvgIpc) is 2.00. The van der Waals surface area contributed by atoms with E-state index in [0.717, 1.165) is 5.69 Å². The molecule has 1 aromatic heterocycles. The van der Waals surface area contributed by atoms with Crippen molar-refractivity contribution in [3.05, 3.63) is 29.0 Å². The molecule has 0 aliphatic carbocycles. The van der Waals surface area contributed by atoms with Gasteiger partial charge in [0.15, 0.2) is 0 Å². The highest BCUT2D eigenvalue weighted by molar-refractivity contribution is 6.83. The summed E-state index contributed by atoms with van der Waals surface area (Å²) >= 11 is 5.80. The van der Waals surface area contributed by atoms with E-state index in [2.05, 4.69) is 36.1 Å². The largest absolute Gasteiger partial charge is 0.248 e. The molecule has 0 aromatic carbocycles. The first-order valence-electron chi connectivity index (χ1n) is 4.12. The third kappa shape index (κ3) is 4.12. The maximum atomic E-state index is 5.80. The minimum atomic E-state index is -1.30. The van der Waals surface area contributed by atoms with E-state index in [4.69, 9.17) is 11.6 Å². The smallest absolute Gasteiger partial charge is 0.129 e. The second-order valence-electron chi connectivity index (χ2n) is 3.86. The van der Waals surface area contributed by atoms with Crippen molar-refractivity contribution in [2.24, 2.45) is 0 Å². The zero-order valence-electron chi connectivity index (χ0n) is 8.06. The molecule has 0 N–H and O–H groups in total. The van der Waals surface area contributed by atoms with Crippen LogP contribution in [0.15, 0.2) is 18.3 Å². The lowest BCUT2D eigenvalue weighted by molar-refractivity contribution is 1.29. The topological polar surface area (TPSA) is 12.9 Å². The summed E-state index contributed by atoms with van der Waals surface area (Å²) in [5.74, 6) is 3.04. The molecule has 0 spiro atoms. The summed E-state index contributed by atoms with van der Waals surface area (Å²) in [5.41, 5.74) is 3.99. The summed E-state index contributed by atoms with van der Waals surface area (Å²) in [6, 6.07) is 3.54. The number of hydrogen-bond donors (Lipinski definition) is 0. The summed E-state index contributed by atoms with van der Waals surface area (Å²) in [5, 5.41) is 0.690. The van der Waals surface area contributed by atoms with Gasteiger partial charge in [0, 0.05) is 11.2 Å². The Labute approximate surface area is 85.2 Å². The number of rotatable bonds is 0. The normalized spacial score (nSPS) is 10.5. The van der Waals surface area contributed by atoms with Gasteiger partial charge in [0.25, 0.3) is 0 Å². The van der Waals surface area contributed by atoms with Crippen LogP contribution in [0.25, 0.3) is 0 Å². The summed E-state index contributed by atoms with van der Waals surface area (Å²) in [4.78, 5) is 4.11. The molecule has 1 nitrogen and oxygen atoms in total. The first-order chi connectivity index (χ1) is 5.97. The molecule has 0 amide bonds. The van der Waals surface area contributed by atoms with E-state index >= 15 is 0 Å². The van der Waals surface area contributed by atoms with Crippen molar-refractivity contribution in [3.8, 4) is 11.5 Å². The quantitative estimate of drug-likeness (QED) is 0.473. The maximum absolute atomic E-state index is 5.80.